The summed E-state index contributed by atoms with van der Waals surface area (Å²) in [5, 5.41) is 12.2. The van der Waals surface area contributed by atoms with Crippen molar-refractivity contribution in [3.8, 4) is 0 Å². The van der Waals surface area contributed by atoms with Crippen molar-refractivity contribution in [2.24, 2.45) is 5.41 Å². The molecule has 3 nitrogen and oxygen atoms in total. The van der Waals surface area contributed by atoms with Gasteiger partial charge in [-0.2, -0.15) is 0 Å². The van der Waals surface area contributed by atoms with Gasteiger partial charge >= 0.3 is 0 Å². The maximum atomic E-state index is 8.54. The largest absolute Gasteiger partial charge is 0.394 e. The van der Waals surface area contributed by atoms with Crippen molar-refractivity contribution in [3.63, 3.8) is 0 Å². The molecular formula is C13H27NO2. The first-order chi connectivity index (χ1) is 7.64. The quantitative estimate of drug-likeness (QED) is 0.656. The molecule has 0 aromatic rings. The molecule has 1 rings (SSSR count). The van der Waals surface area contributed by atoms with Gasteiger partial charge in [-0.3, -0.25) is 0 Å². The third-order valence-electron chi connectivity index (χ3n) is 3.34. The van der Waals surface area contributed by atoms with Crippen molar-refractivity contribution in [1.29, 1.82) is 0 Å². The van der Waals surface area contributed by atoms with Gasteiger partial charge in [0.1, 0.15) is 0 Å². The summed E-state index contributed by atoms with van der Waals surface area (Å²) in [6.45, 7) is 7.12. The lowest BCUT2D eigenvalue weighted by molar-refractivity contribution is 0.0895. The highest BCUT2D eigenvalue weighted by Gasteiger charge is 2.27. The van der Waals surface area contributed by atoms with Crippen LogP contribution < -0.4 is 5.32 Å². The van der Waals surface area contributed by atoms with Crippen molar-refractivity contribution in [3.05, 3.63) is 0 Å². The van der Waals surface area contributed by atoms with E-state index in [1.54, 1.807) is 0 Å². The van der Waals surface area contributed by atoms with Crippen molar-refractivity contribution >= 4 is 0 Å². The highest BCUT2D eigenvalue weighted by atomic mass is 16.5. The number of hydrogen-bond acceptors (Lipinski definition) is 3. The van der Waals surface area contributed by atoms with Crippen LogP contribution in [0.1, 0.15) is 46.0 Å². The zero-order chi connectivity index (χ0) is 11.9. The van der Waals surface area contributed by atoms with E-state index in [0.29, 0.717) is 18.1 Å². The maximum absolute atomic E-state index is 8.54. The standard InChI is InChI=1S/C13H27NO2/c1-13(2)6-3-5-12(11-13)14-7-4-9-16-10-8-15/h12,14-15H,3-11H2,1-2H3. The molecular weight excluding hydrogens is 202 g/mol. The third-order valence-corrected chi connectivity index (χ3v) is 3.34. The molecule has 0 spiro atoms. The van der Waals surface area contributed by atoms with Crippen LogP contribution in [0, 0.1) is 5.41 Å². The maximum Gasteiger partial charge on any atom is 0.0697 e. The summed E-state index contributed by atoms with van der Waals surface area (Å²) in [5.41, 5.74) is 0.517. The van der Waals surface area contributed by atoms with Gasteiger partial charge in [0.2, 0.25) is 0 Å². The average Bonchev–Trinajstić information content (AvgIpc) is 2.22. The Morgan fingerprint density at radius 1 is 1.38 bits per heavy atom. The van der Waals surface area contributed by atoms with Crippen molar-refractivity contribution < 1.29 is 9.84 Å². The van der Waals surface area contributed by atoms with E-state index >= 15 is 0 Å². The van der Waals surface area contributed by atoms with Crippen LogP contribution >= 0.6 is 0 Å². The van der Waals surface area contributed by atoms with Crippen LogP contribution in [-0.4, -0.2) is 37.5 Å². The van der Waals surface area contributed by atoms with E-state index in [-0.39, 0.29) is 6.61 Å². The second kappa shape index (κ2) is 7.25. The normalized spacial score (nSPS) is 24.6. The SMILES string of the molecule is CC1(C)CCCC(NCCCOCCO)C1. The van der Waals surface area contributed by atoms with E-state index in [1.807, 2.05) is 0 Å². The summed E-state index contributed by atoms with van der Waals surface area (Å²) in [4.78, 5) is 0. The number of rotatable bonds is 7. The zero-order valence-electron chi connectivity index (χ0n) is 10.8. The fraction of sp³-hybridized carbons (Fsp3) is 1.00. The van der Waals surface area contributed by atoms with Gasteiger partial charge < -0.3 is 15.2 Å². The zero-order valence-corrected chi connectivity index (χ0v) is 10.8. The lowest BCUT2D eigenvalue weighted by atomic mass is 9.75. The number of hydrogen-bond donors (Lipinski definition) is 2. The minimum atomic E-state index is 0.129. The van der Waals surface area contributed by atoms with Gasteiger partial charge in [-0.1, -0.05) is 20.3 Å². The van der Waals surface area contributed by atoms with Gasteiger partial charge in [-0.15, -0.1) is 0 Å². The lowest BCUT2D eigenvalue weighted by Gasteiger charge is -2.35. The first kappa shape index (κ1) is 13.9. The molecule has 1 atom stereocenters. The van der Waals surface area contributed by atoms with E-state index in [0.717, 1.165) is 19.6 Å². The summed E-state index contributed by atoms with van der Waals surface area (Å²) >= 11 is 0. The highest BCUT2D eigenvalue weighted by Crippen LogP contribution is 2.34. The van der Waals surface area contributed by atoms with Crippen LogP contribution in [0.4, 0.5) is 0 Å². The van der Waals surface area contributed by atoms with Crippen LogP contribution in [0.2, 0.25) is 0 Å². The molecule has 0 heterocycles. The van der Waals surface area contributed by atoms with Gasteiger partial charge in [0.25, 0.3) is 0 Å². The number of nitrogens with one attached hydrogen (secondary N) is 1. The van der Waals surface area contributed by atoms with Gasteiger partial charge in [0.15, 0.2) is 0 Å². The summed E-state index contributed by atoms with van der Waals surface area (Å²) < 4.78 is 5.22. The smallest absolute Gasteiger partial charge is 0.0697 e. The molecule has 0 aromatic heterocycles. The first-order valence-corrected chi connectivity index (χ1v) is 6.56. The Balaban J connectivity index is 2.00. The molecule has 96 valence electrons. The molecule has 0 bridgehead atoms. The number of ether oxygens (including phenoxy) is 1. The second-order valence-corrected chi connectivity index (χ2v) is 5.60. The Kier molecular flexibility index (Phi) is 6.32. The van der Waals surface area contributed by atoms with Crippen LogP contribution in [0.15, 0.2) is 0 Å². The topological polar surface area (TPSA) is 41.5 Å². The van der Waals surface area contributed by atoms with E-state index in [1.165, 1.54) is 25.7 Å². The van der Waals surface area contributed by atoms with Gasteiger partial charge in [-0.05, 0) is 37.6 Å². The van der Waals surface area contributed by atoms with Gasteiger partial charge in [0.05, 0.1) is 13.2 Å². The molecule has 0 aliphatic heterocycles. The third kappa shape index (κ3) is 5.83. The van der Waals surface area contributed by atoms with Gasteiger partial charge in [-0.25, -0.2) is 0 Å². The highest BCUT2D eigenvalue weighted by molar-refractivity contribution is 4.83. The molecule has 16 heavy (non-hydrogen) atoms. The van der Waals surface area contributed by atoms with Crippen molar-refractivity contribution in [2.75, 3.05) is 26.4 Å². The predicted molar refractivity (Wildman–Crippen MR) is 66.6 cm³/mol. The lowest BCUT2D eigenvalue weighted by Crippen LogP contribution is -2.37. The van der Waals surface area contributed by atoms with E-state index in [9.17, 15) is 0 Å². The Morgan fingerprint density at radius 3 is 2.88 bits per heavy atom. The fourth-order valence-corrected chi connectivity index (χ4v) is 2.52. The Morgan fingerprint density at radius 2 is 2.19 bits per heavy atom. The molecule has 1 saturated carbocycles. The minimum Gasteiger partial charge on any atom is -0.394 e. The molecule has 0 aromatic carbocycles. The first-order valence-electron chi connectivity index (χ1n) is 6.56. The van der Waals surface area contributed by atoms with Gasteiger partial charge in [0, 0.05) is 12.6 Å². The van der Waals surface area contributed by atoms with Crippen LogP contribution in [0.25, 0.3) is 0 Å². The Labute approximate surface area is 99.6 Å². The number of aliphatic hydroxyl groups is 1. The van der Waals surface area contributed by atoms with Crippen molar-refractivity contribution in [2.45, 2.75) is 52.0 Å². The monoisotopic (exact) mass is 229 g/mol. The molecule has 2 N–H and O–H groups in total. The van der Waals surface area contributed by atoms with E-state index in [4.69, 9.17) is 9.84 Å². The summed E-state index contributed by atoms with van der Waals surface area (Å²) in [7, 11) is 0. The Hall–Kier alpha value is -0.120. The summed E-state index contributed by atoms with van der Waals surface area (Å²) in [5.74, 6) is 0. The molecule has 0 saturated heterocycles. The molecule has 0 amide bonds. The fourth-order valence-electron chi connectivity index (χ4n) is 2.52. The molecule has 1 fully saturated rings. The van der Waals surface area contributed by atoms with Crippen LogP contribution in [-0.2, 0) is 4.74 Å². The second-order valence-electron chi connectivity index (χ2n) is 5.60. The Bertz CT molecular complexity index is 183. The molecule has 3 heteroatoms. The van der Waals surface area contributed by atoms with Crippen molar-refractivity contribution in [1.82, 2.24) is 5.32 Å². The molecule has 0 radical (unpaired) electrons. The predicted octanol–water partition coefficient (Wildman–Crippen LogP) is 1.94. The summed E-state index contributed by atoms with van der Waals surface area (Å²) in [6, 6.07) is 0.696. The van der Waals surface area contributed by atoms with Crippen LogP contribution in [0.3, 0.4) is 0 Å². The molecule has 1 aliphatic rings. The average molecular weight is 229 g/mol. The number of aliphatic hydroxyl groups excluding tert-OH is 1. The van der Waals surface area contributed by atoms with E-state index < -0.39 is 0 Å². The van der Waals surface area contributed by atoms with Crippen LogP contribution in [0.5, 0.6) is 0 Å². The molecule has 1 unspecified atom stereocenters. The summed E-state index contributed by atoms with van der Waals surface area (Å²) in [6.07, 6.45) is 6.37. The minimum absolute atomic E-state index is 0.129. The van der Waals surface area contributed by atoms with E-state index in [2.05, 4.69) is 19.2 Å². The molecule has 1 aliphatic carbocycles.